The third-order valence-electron chi connectivity index (χ3n) is 4.95. The number of nitrogens with zero attached hydrogens (tertiary/aromatic N) is 3. The Morgan fingerprint density at radius 1 is 1.31 bits per heavy atom. The smallest absolute Gasteiger partial charge is 0.227 e. The third-order valence-corrected chi connectivity index (χ3v) is 4.95. The van der Waals surface area contributed by atoms with Crippen LogP contribution in [-0.2, 0) is 4.79 Å². The van der Waals surface area contributed by atoms with Gasteiger partial charge in [0, 0.05) is 50.1 Å². The molecule has 0 spiro atoms. The summed E-state index contributed by atoms with van der Waals surface area (Å²) in [6.07, 6.45) is 6.06. The van der Waals surface area contributed by atoms with Crippen LogP contribution < -0.4 is 15.4 Å². The first-order valence-electron chi connectivity index (χ1n) is 9.97. The highest BCUT2D eigenvalue weighted by Gasteiger charge is 2.22. The minimum Gasteiger partial charge on any atom is -0.474 e. The molecule has 3 rings (SSSR count). The Kier molecular flexibility index (Phi) is 6.99. The molecule has 8 heteroatoms. The minimum absolute atomic E-state index is 0.0293. The Bertz CT molecular complexity index is 849. The first-order valence-corrected chi connectivity index (χ1v) is 9.97. The molecule has 2 aromatic rings. The van der Waals surface area contributed by atoms with Gasteiger partial charge in [-0.15, -0.1) is 0 Å². The molecule has 1 saturated heterocycles. The molecule has 29 heavy (non-hydrogen) atoms. The highest BCUT2D eigenvalue weighted by molar-refractivity contribution is 5.88. The highest BCUT2D eigenvalue weighted by Crippen LogP contribution is 2.28. The molecule has 1 aliphatic heterocycles. The number of ether oxygens (including phenoxy) is 1. The van der Waals surface area contributed by atoms with Gasteiger partial charge in [-0.05, 0) is 37.1 Å². The SMILES string of the molecule is CCCNc1ccc(Nc2ncnc(OC3CCN(C=O)CC3)c2C=N)c(C)c1. The number of carbonyl (C=O) groups is 1. The monoisotopic (exact) mass is 396 g/mol. The fourth-order valence-corrected chi connectivity index (χ4v) is 3.27. The second-order valence-electron chi connectivity index (χ2n) is 7.13. The molecule has 8 nitrogen and oxygen atoms in total. The number of hydrogen-bond donors (Lipinski definition) is 3. The Hall–Kier alpha value is -3.16. The lowest BCUT2D eigenvalue weighted by Gasteiger charge is -2.29. The molecule has 0 bridgehead atoms. The maximum absolute atomic E-state index is 10.9. The van der Waals surface area contributed by atoms with Crippen LogP contribution in [0.25, 0.3) is 0 Å². The van der Waals surface area contributed by atoms with Crippen molar-refractivity contribution < 1.29 is 9.53 Å². The highest BCUT2D eigenvalue weighted by atomic mass is 16.5. The van der Waals surface area contributed by atoms with Gasteiger partial charge in [-0.1, -0.05) is 6.92 Å². The largest absolute Gasteiger partial charge is 0.474 e. The van der Waals surface area contributed by atoms with Crippen molar-refractivity contribution in [1.29, 1.82) is 5.41 Å². The number of hydrogen-bond acceptors (Lipinski definition) is 7. The van der Waals surface area contributed by atoms with E-state index in [2.05, 4.69) is 33.6 Å². The van der Waals surface area contributed by atoms with Crippen LogP contribution in [0.5, 0.6) is 5.88 Å². The second kappa shape index (κ2) is 9.86. The molecular weight excluding hydrogens is 368 g/mol. The number of aromatic nitrogens is 2. The van der Waals surface area contributed by atoms with Gasteiger partial charge < -0.3 is 25.7 Å². The number of carbonyl (C=O) groups excluding carboxylic acids is 1. The van der Waals surface area contributed by atoms with Crippen molar-refractivity contribution in [3.63, 3.8) is 0 Å². The van der Waals surface area contributed by atoms with E-state index < -0.39 is 0 Å². The Morgan fingerprint density at radius 2 is 2.10 bits per heavy atom. The van der Waals surface area contributed by atoms with Crippen molar-refractivity contribution in [2.24, 2.45) is 0 Å². The number of anilines is 3. The number of piperidine rings is 1. The quantitative estimate of drug-likeness (QED) is 0.444. The molecule has 1 aromatic carbocycles. The van der Waals surface area contributed by atoms with Gasteiger partial charge in [0.25, 0.3) is 0 Å². The average Bonchev–Trinajstić information content (AvgIpc) is 2.74. The van der Waals surface area contributed by atoms with Gasteiger partial charge >= 0.3 is 0 Å². The van der Waals surface area contributed by atoms with Crippen LogP contribution in [0.2, 0.25) is 0 Å². The summed E-state index contributed by atoms with van der Waals surface area (Å²) in [7, 11) is 0. The Labute approximate surface area is 171 Å². The third kappa shape index (κ3) is 5.22. The van der Waals surface area contributed by atoms with E-state index in [-0.39, 0.29) is 6.10 Å². The van der Waals surface area contributed by atoms with Crippen LogP contribution in [0.15, 0.2) is 24.5 Å². The van der Waals surface area contributed by atoms with Crippen LogP contribution in [0, 0.1) is 12.3 Å². The zero-order valence-corrected chi connectivity index (χ0v) is 16.9. The zero-order chi connectivity index (χ0) is 20.6. The van der Waals surface area contributed by atoms with Gasteiger partial charge in [0.2, 0.25) is 12.3 Å². The number of benzene rings is 1. The minimum atomic E-state index is -0.0293. The molecule has 154 valence electrons. The summed E-state index contributed by atoms with van der Waals surface area (Å²) in [4.78, 5) is 21.2. The standard InChI is InChI=1S/C21H28N6O2/c1-3-8-23-16-4-5-19(15(2)11-16)26-20-18(12-22)21(25-13-24-20)29-17-6-9-27(14-28)10-7-17/h4-5,11-14,17,22-23H,3,6-10H2,1-2H3,(H,24,25,26). The number of amides is 1. The van der Waals surface area contributed by atoms with E-state index in [0.29, 0.717) is 30.4 Å². The topological polar surface area (TPSA) is 103 Å². The molecule has 1 aliphatic rings. The Balaban J connectivity index is 1.74. The summed E-state index contributed by atoms with van der Waals surface area (Å²) < 4.78 is 6.05. The van der Waals surface area contributed by atoms with Crippen molar-refractivity contribution >= 4 is 29.8 Å². The van der Waals surface area contributed by atoms with Crippen LogP contribution in [-0.4, -0.2) is 53.2 Å². The molecule has 2 heterocycles. The predicted octanol–water partition coefficient (Wildman–Crippen LogP) is 3.35. The lowest BCUT2D eigenvalue weighted by atomic mass is 10.1. The first-order chi connectivity index (χ1) is 14.1. The average molecular weight is 396 g/mol. The van der Waals surface area contributed by atoms with E-state index in [9.17, 15) is 4.79 Å². The van der Waals surface area contributed by atoms with Gasteiger partial charge in [-0.2, -0.15) is 0 Å². The number of rotatable bonds is 9. The summed E-state index contributed by atoms with van der Waals surface area (Å²) in [5, 5.41) is 14.5. The van der Waals surface area contributed by atoms with E-state index in [1.165, 1.54) is 12.5 Å². The van der Waals surface area contributed by atoms with Gasteiger partial charge in [0.15, 0.2) is 0 Å². The predicted molar refractivity (Wildman–Crippen MR) is 114 cm³/mol. The van der Waals surface area contributed by atoms with Gasteiger partial charge in [-0.25, -0.2) is 9.97 Å². The van der Waals surface area contributed by atoms with E-state index in [0.717, 1.165) is 49.2 Å². The summed E-state index contributed by atoms with van der Waals surface area (Å²) >= 11 is 0. The summed E-state index contributed by atoms with van der Waals surface area (Å²) in [6.45, 7) is 6.43. The van der Waals surface area contributed by atoms with E-state index in [1.807, 2.05) is 19.1 Å². The molecule has 1 fully saturated rings. The fourth-order valence-electron chi connectivity index (χ4n) is 3.27. The molecule has 0 saturated carbocycles. The van der Waals surface area contributed by atoms with Crippen molar-refractivity contribution in [3.05, 3.63) is 35.7 Å². The van der Waals surface area contributed by atoms with Crippen molar-refractivity contribution in [2.75, 3.05) is 30.3 Å². The van der Waals surface area contributed by atoms with Crippen LogP contribution in [0.3, 0.4) is 0 Å². The fraction of sp³-hybridized carbons (Fsp3) is 0.429. The van der Waals surface area contributed by atoms with Crippen LogP contribution >= 0.6 is 0 Å². The van der Waals surface area contributed by atoms with Crippen molar-refractivity contribution in [3.8, 4) is 5.88 Å². The molecule has 1 amide bonds. The van der Waals surface area contributed by atoms with E-state index >= 15 is 0 Å². The maximum atomic E-state index is 10.9. The summed E-state index contributed by atoms with van der Waals surface area (Å²) in [5.41, 5.74) is 3.58. The van der Waals surface area contributed by atoms with Gasteiger partial charge in [-0.3, -0.25) is 4.79 Å². The molecule has 0 unspecified atom stereocenters. The first kappa shape index (κ1) is 20.6. The summed E-state index contributed by atoms with van der Waals surface area (Å²) in [5.74, 6) is 0.925. The molecular formula is C21H28N6O2. The lowest BCUT2D eigenvalue weighted by Crippen LogP contribution is -2.37. The molecule has 1 aromatic heterocycles. The van der Waals surface area contributed by atoms with Gasteiger partial charge in [0.1, 0.15) is 18.2 Å². The number of aryl methyl sites for hydroxylation is 1. The van der Waals surface area contributed by atoms with Crippen LogP contribution in [0.4, 0.5) is 17.2 Å². The second-order valence-corrected chi connectivity index (χ2v) is 7.13. The number of nitrogens with one attached hydrogen (secondary N) is 3. The van der Waals surface area contributed by atoms with E-state index in [4.69, 9.17) is 10.1 Å². The lowest BCUT2D eigenvalue weighted by molar-refractivity contribution is -0.119. The zero-order valence-electron chi connectivity index (χ0n) is 16.9. The van der Waals surface area contributed by atoms with Crippen LogP contribution in [0.1, 0.15) is 37.3 Å². The molecule has 0 aliphatic carbocycles. The van der Waals surface area contributed by atoms with Crippen molar-refractivity contribution in [1.82, 2.24) is 14.9 Å². The van der Waals surface area contributed by atoms with E-state index in [1.54, 1.807) is 4.90 Å². The van der Waals surface area contributed by atoms with Gasteiger partial charge in [0.05, 0.1) is 5.56 Å². The summed E-state index contributed by atoms with van der Waals surface area (Å²) in [6, 6.07) is 6.11. The number of likely N-dealkylation sites (tertiary alicyclic amines) is 1. The molecule has 0 radical (unpaired) electrons. The molecule has 3 N–H and O–H groups in total. The van der Waals surface area contributed by atoms with Crippen molar-refractivity contribution in [2.45, 2.75) is 39.2 Å². The maximum Gasteiger partial charge on any atom is 0.227 e. The normalized spacial score (nSPS) is 14.3. The Morgan fingerprint density at radius 3 is 2.76 bits per heavy atom. The molecule has 0 atom stereocenters.